The highest BCUT2D eigenvalue weighted by atomic mass is 35.5. The summed E-state index contributed by atoms with van der Waals surface area (Å²) >= 11 is 5.80. The minimum atomic E-state index is -0.477. The molecule has 0 aliphatic carbocycles. The SMILES string of the molecule is O=C(Cn1nc2n(c1=O)CCCCC2)OCc1ccc(Cl)cc1. The van der Waals surface area contributed by atoms with Gasteiger partial charge in [0.15, 0.2) is 0 Å². The lowest BCUT2D eigenvalue weighted by Gasteiger charge is -2.05. The monoisotopic (exact) mass is 335 g/mol. The third-order valence-electron chi connectivity index (χ3n) is 3.87. The van der Waals surface area contributed by atoms with Crippen LogP contribution in [0.2, 0.25) is 5.02 Å². The van der Waals surface area contributed by atoms with E-state index in [-0.39, 0.29) is 18.8 Å². The zero-order valence-electron chi connectivity index (χ0n) is 12.7. The Kier molecular flexibility index (Phi) is 4.81. The molecule has 2 aromatic rings. The molecular weight excluding hydrogens is 318 g/mol. The summed E-state index contributed by atoms with van der Waals surface area (Å²) in [4.78, 5) is 24.2. The lowest BCUT2D eigenvalue weighted by molar-refractivity contribution is -0.146. The Morgan fingerprint density at radius 2 is 2.00 bits per heavy atom. The third-order valence-corrected chi connectivity index (χ3v) is 4.13. The smallest absolute Gasteiger partial charge is 0.346 e. The molecule has 0 fully saturated rings. The molecule has 2 heterocycles. The van der Waals surface area contributed by atoms with Crippen molar-refractivity contribution in [3.05, 3.63) is 51.2 Å². The average molecular weight is 336 g/mol. The van der Waals surface area contributed by atoms with Gasteiger partial charge in [0.1, 0.15) is 19.0 Å². The maximum absolute atomic E-state index is 12.3. The molecule has 0 spiro atoms. The summed E-state index contributed by atoms with van der Waals surface area (Å²) in [6, 6.07) is 7.06. The lowest BCUT2D eigenvalue weighted by atomic mass is 10.2. The maximum atomic E-state index is 12.3. The summed E-state index contributed by atoms with van der Waals surface area (Å²) in [7, 11) is 0. The van der Waals surface area contributed by atoms with Gasteiger partial charge in [-0.3, -0.25) is 9.36 Å². The van der Waals surface area contributed by atoms with Crippen molar-refractivity contribution in [2.75, 3.05) is 0 Å². The largest absolute Gasteiger partial charge is 0.459 e. The number of carbonyl (C=O) groups is 1. The molecule has 0 N–H and O–H groups in total. The van der Waals surface area contributed by atoms with Crippen LogP contribution in [0, 0.1) is 0 Å². The van der Waals surface area contributed by atoms with Crippen LogP contribution in [0.4, 0.5) is 0 Å². The van der Waals surface area contributed by atoms with E-state index in [2.05, 4.69) is 5.10 Å². The Labute approximate surface area is 138 Å². The van der Waals surface area contributed by atoms with Crippen LogP contribution in [0.15, 0.2) is 29.1 Å². The molecule has 1 aliphatic heterocycles. The molecule has 1 aromatic carbocycles. The van der Waals surface area contributed by atoms with E-state index < -0.39 is 5.97 Å². The van der Waals surface area contributed by atoms with Gasteiger partial charge < -0.3 is 4.74 Å². The molecule has 7 heteroatoms. The zero-order chi connectivity index (χ0) is 16.2. The van der Waals surface area contributed by atoms with Crippen molar-refractivity contribution < 1.29 is 9.53 Å². The number of esters is 1. The third kappa shape index (κ3) is 3.82. The van der Waals surface area contributed by atoms with Gasteiger partial charge in [0.05, 0.1) is 0 Å². The number of aromatic nitrogens is 3. The van der Waals surface area contributed by atoms with Crippen LogP contribution in [0.5, 0.6) is 0 Å². The van der Waals surface area contributed by atoms with Gasteiger partial charge in [-0.2, -0.15) is 5.10 Å². The number of nitrogens with zero attached hydrogens (tertiary/aromatic N) is 3. The van der Waals surface area contributed by atoms with Crippen molar-refractivity contribution in [2.24, 2.45) is 0 Å². The van der Waals surface area contributed by atoms with Crippen molar-refractivity contribution in [3.63, 3.8) is 0 Å². The summed E-state index contributed by atoms with van der Waals surface area (Å²) in [5, 5.41) is 4.90. The lowest BCUT2D eigenvalue weighted by Crippen LogP contribution is -2.28. The number of rotatable bonds is 4. The van der Waals surface area contributed by atoms with Crippen LogP contribution in [0.25, 0.3) is 0 Å². The van der Waals surface area contributed by atoms with Gasteiger partial charge in [-0.25, -0.2) is 9.48 Å². The molecule has 0 amide bonds. The second-order valence-electron chi connectivity index (χ2n) is 5.61. The first-order valence-corrected chi connectivity index (χ1v) is 8.08. The van der Waals surface area contributed by atoms with Gasteiger partial charge in [0.2, 0.25) is 0 Å². The molecule has 122 valence electrons. The van der Waals surface area contributed by atoms with E-state index in [1.54, 1.807) is 28.8 Å². The number of benzene rings is 1. The first kappa shape index (κ1) is 15.8. The Morgan fingerprint density at radius 1 is 1.22 bits per heavy atom. The predicted molar refractivity (Wildman–Crippen MR) is 85.3 cm³/mol. The number of ether oxygens (including phenoxy) is 1. The number of halogens is 1. The van der Waals surface area contributed by atoms with E-state index in [0.29, 0.717) is 11.6 Å². The molecule has 0 unspecified atom stereocenters. The van der Waals surface area contributed by atoms with E-state index in [9.17, 15) is 9.59 Å². The van der Waals surface area contributed by atoms with Gasteiger partial charge in [-0.05, 0) is 30.5 Å². The Morgan fingerprint density at radius 3 is 2.78 bits per heavy atom. The van der Waals surface area contributed by atoms with Crippen LogP contribution >= 0.6 is 11.6 Å². The van der Waals surface area contributed by atoms with E-state index in [1.165, 1.54) is 4.68 Å². The fraction of sp³-hybridized carbons (Fsp3) is 0.438. The first-order chi connectivity index (χ1) is 11.1. The number of hydrogen-bond donors (Lipinski definition) is 0. The summed E-state index contributed by atoms with van der Waals surface area (Å²) in [6.07, 6.45) is 3.88. The first-order valence-electron chi connectivity index (χ1n) is 7.70. The van der Waals surface area contributed by atoms with Gasteiger partial charge in [-0.15, -0.1) is 0 Å². The summed E-state index contributed by atoms with van der Waals surface area (Å²) in [5.74, 6) is 0.285. The molecule has 0 saturated carbocycles. The minimum absolute atomic E-state index is 0.151. The maximum Gasteiger partial charge on any atom is 0.346 e. The molecule has 6 nitrogen and oxygen atoms in total. The van der Waals surface area contributed by atoms with Crippen molar-refractivity contribution in [3.8, 4) is 0 Å². The number of fused-ring (bicyclic) bond motifs is 1. The Balaban J connectivity index is 1.62. The molecular formula is C16H18ClN3O3. The predicted octanol–water partition coefficient (Wildman–Crippen LogP) is 2.17. The normalized spacial score (nSPS) is 14.1. The molecule has 1 aliphatic rings. The summed E-state index contributed by atoms with van der Waals surface area (Å²) < 4.78 is 8.06. The molecule has 0 bridgehead atoms. The number of aryl methyl sites for hydroxylation is 1. The number of hydrogen-bond acceptors (Lipinski definition) is 4. The molecule has 0 radical (unpaired) electrons. The van der Waals surface area contributed by atoms with E-state index in [4.69, 9.17) is 16.3 Å². The van der Waals surface area contributed by atoms with Crippen LogP contribution in [-0.4, -0.2) is 20.3 Å². The van der Waals surface area contributed by atoms with Crippen molar-refractivity contribution >= 4 is 17.6 Å². The highest BCUT2D eigenvalue weighted by Gasteiger charge is 2.17. The molecule has 0 atom stereocenters. The molecule has 0 saturated heterocycles. The summed E-state index contributed by atoms with van der Waals surface area (Å²) in [6.45, 7) is 0.665. The van der Waals surface area contributed by atoms with Gasteiger partial charge >= 0.3 is 11.7 Å². The second kappa shape index (κ2) is 7.00. The fourth-order valence-electron chi connectivity index (χ4n) is 2.64. The van der Waals surface area contributed by atoms with Crippen LogP contribution in [0.1, 0.15) is 30.7 Å². The van der Waals surface area contributed by atoms with Gasteiger partial charge in [0, 0.05) is 18.0 Å². The Hall–Kier alpha value is -2.08. The van der Waals surface area contributed by atoms with E-state index >= 15 is 0 Å². The highest BCUT2D eigenvalue weighted by Crippen LogP contribution is 2.11. The van der Waals surface area contributed by atoms with Crippen molar-refractivity contribution in [1.82, 2.24) is 14.3 Å². The molecule has 23 heavy (non-hydrogen) atoms. The fourth-order valence-corrected chi connectivity index (χ4v) is 2.77. The molecule has 1 aromatic heterocycles. The van der Waals surface area contributed by atoms with Crippen LogP contribution < -0.4 is 5.69 Å². The number of carbonyl (C=O) groups excluding carboxylic acids is 1. The van der Waals surface area contributed by atoms with Crippen LogP contribution in [-0.2, 0) is 35.6 Å². The Bertz CT molecular complexity index is 749. The highest BCUT2D eigenvalue weighted by molar-refractivity contribution is 6.30. The van der Waals surface area contributed by atoms with Crippen molar-refractivity contribution in [1.29, 1.82) is 0 Å². The quantitative estimate of drug-likeness (QED) is 0.803. The summed E-state index contributed by atoms with van der Waals surface area (Å²) in [5.41, 5.74) is 0.612. The van der Waals surface area contributed by atoms with Crippen LogP contribution in [0.3, 0.4) is 0 Å². The standard InChI is InChI=1S/C16H18ClN3O3/c17-13-7-5-12(6-8-13)11-23-15(21)10-20-16(22)19-9-3-1-2-4-14(19)18-20/h5-8H,1-4,9-11H2. The second-order valence-corrected chi connectivity index (χ2v) is 6.04. The van der Waals surface area contributed by atoms with Gasteiger partial charge in [0.25, 0.3) is 0 Å². The zero-order valence-corrected chi connectivity index (χ0v) is 13.5. The van der Waals surface area contributed by atoms with E-state index in [0.717, 1.165) is 37.1 Å². The van der Waals surface area contributed by atoms with E-state index in [1.807, 2.05) is 0 Å². The average Bonchev–Trinajstić information content (AvgIpc) is 2.72. The minimum Gasteiger partial charge on any atom is -0.459 e. The molecule has 3 rings (SSSR count). The topological polar surface area (TPSA) is 66.1 Å². The van der Waals surface area contributed by atoms with Crippen molar-refractivity contribution in [2.45, 2.75) is 45.4 Å². The van der Waals surface area contributed by atoms with Gasteiger partial charge in [-0.1, -0.05) is 30.2 Å².